The van der Waals surface area contributed by atoms with Crippen molar-refractivity contribution >= 4 is 53.6 Å². The summed E-state index contributed by atoms with van der Waals surface area (Å²) in [7, 11) is 0. The maximum atomic E-state index is 13.5. The number of benzene rings is 2. The van der Waals surface area contributed by atoms with E-state index in [1.165, 1.54) is 22.9 Å². The molecule has 13 nitrogen and oxygen atoms in total. The van der Waals surface area contributed by atoms with Crippen molar-refractivity contribution in [3.05, 3.63) is 71.8 Å². The number of hydrogen-bond acceptors (Lipinski definition) is 8. The van der Waals surface area contributed by atoms with Gasteiger partial charge < -0.3 is 22.1 Å². The number of fused-ring (bicyclic) bond motifs is 1. The van der Waals surface area contributed by atoms with Crippen LogP contribution in [0.2, 0.25) is 0 Å². The predicted octanol–water partition coefficient (Wildman–Crippen LogP) is -2.11. The third-order valence-electron chi connectivity index (χ3n) is 7.22. The molecule has 2 aromatic carbocycles. The Hall–Kier alpha value is -3.72. The average Bonchev–Trinajstić information content (AvgIpc) is 3.23. The molecular formula is C28H29N6NaO7S. The van der Waals surface area contributed by atoms with E-state index in [1.807, 2.05) is 6.07 Å². The van der Waals surface area contributed by atoms with E-state index in [0.717, 1.165) is 10.6 Å². The summed E-state index contributed by atoms with van der Waals surface area (Å²) < 4.78 is -0.779. The number of rotatable bonds is 7. The fourth-order valence-corrected chi connectivity index (χ4v) is 6.76. The van der Waals surface area contributed by atoms with Crippen LogP contribution in [0.15, 0.2) is 65.8 Å². The average molecular weight is 617 g/mol. The summed E-state index contributed by atoms with van der Waals surface area (Å²) in [5, 5.41) is 19.3. The number of carbonyl (C=O) groups is 6. The first-order valence-electron chi connectivity index (χ1n) is 13.1. The molecule has 0 bridgehead atoms. The van der Waals surface area contributed by atoms with E-state index in [-0.39, 0.29) is 44.1 Å². The summed E-state index contributed by atoms with van der Waals surface area (Å²) >= 11 is 1.27. The molecule has 0 spiro atoms. The third-order valence-corrected chi connectivity index (χ3v) is 8.80. The number of aliphatic carboxylic acids is 1. The van der Waals surface area contributed by atoms with E-state index in [9.17, 15) is 33.9 Å². The molecule has 0 aromatic heterocycles. The number of carboxylic acid groups (broad SMARTS) is 1. The molecule has 3 fully saturated rings. The monoisotopic (exact) mass is 616 g/mol. The SMILES string of the molecule is CC1(C)SC2[C@@H](NC(=O)C(NC(=O)N3CCN(/N=C/c4ccccc4)C(=O)C3=O)c3ccccc3)C(=O)N2C1C(=O)O.[H-].[Na+]. The fourth-order valence-electron chi connectivity index (χ4n) is 5.13. The van der Waals surface area contributed by atoms with Gasteiger partial charge in [-0.3, -0.25) is 24.1 Å². The van der Waals surface area contributed by atoms with Crippen molar-refractivity contribution in [3.8, 4) is 0 Å². The van der Waals surface area contributed by atoms with Crippen LogP contribution in [-0.2, 0) is 24.0 Å². The fraction of sp³-hybridized carbons (Fsp3) is 0.321. The Bertz CT molecular complexity index is 1480. The molecule has 2 aromatic rings. The number of nitrogens with zero attached hydrogens (tertiary/aromatic N) is 4. The molecule has 3 aliphatic rings. The maximum absolute atomic E-state index is 13.5. The summed E-state index contributed by atoms with van der Waals surface area (Å²) in [6.07, 6.45) is 1.43. The molecular weight excluding hydrogens is 587 g/mol. The number of hydrazone groups is 1. The van der Waals surface area contributed by atoms with Crippen molar-refractivity contribution in [1.29, 1.82) is 0 Å². The van der Waals surface area contributed by atoms with Crippen LogP contribution in [0.3, 0.4) is 0 Å². The van der Waals surface area contributed by atoms with Crippen molar-refractivity contribution in [2.24, 2.45) is 5.10 Å². The minimum atomic E-state index is -1.31. The summed E-state index contributed by atoms with van der Waals surface area (Å²) in [5.41, 5.74) is 1.10. The molecule has 3 N–H and O–H groups in total. The van der Waals surface area contributed by atoms with Gasteiger partial charge in [-0.05, 0) is 25.0 Å². The standard InChI is InChI=1S/C28H28N6O7S.Na.H/c1-28(2)20(26(39)40)34-22(36)19(25(34)42-28)30-21(35)18(17-11-7-4-8-12-17)31-27(41)32-13-14-33(24(38)23(32)37)29-15-16-9-5-3-6-10-16;;/h3-12,15,18-20,25H,13-14H2,1-2H3,(H,30,35)(H,31,41)(H,39,40);;/q;+1;-1/b29-15+;;/t18?,19-,20?,25?;;/m0../s1. The summed E-state index contributed by atoms with van der Waals surface area (Å²) in [4.78, 5) is 78.9. The Kier molecular flexibility index (Phi) is 9.64. The van der Waals surface area contributed by atoms with E-state index in [4.69, 9.17) is 0 Å². The molecule has 0 saturated carbocycles. The third kappa shape index (κ3) is 6.32. The smallest absolute Gasteiger partial charge is 1.00 e. The molecule has 43 heavy (non-hydrogen) atoms. The largest absolute Gasteiger partial charge is 1.00 e. The van der Waals surface area contributed by atoms with Gasteiger partial charge in [0.05, 0.1) is 19.3 Å². The van der Waals surface area contributed by atoms with Crippen LogP contribution in [0.1, 0.15) is 32.4 Å². The summed E-state index contributed by atoms with van der Waals surface area (Å²) in [5.74, 6) is -4.50. The number of β-lactam (4-membered cyclic amide) rings is 1. The van der Waals surface area contributed by atoms with Gasteiger partial charge in [-0.15, -0.1) is 11.8 Å². The number of hydrogen-bond donors (Lipinski definition) is 3. The van der Waals surface area contributed by atoms with Crippen LogP contribution in [0.5, 0.6) is 0 Å². The molecule has 6 amide bonds. The van der Waals surface area contributed by atoms with Crippen LogP contribution in [-0.4, -0.2) is 97.1 Å². The van der Waals surface area contributed by atoms with Gasteiger partial charge in [0.25, 0.3) is 0 Å². The predicted molar refractivity (Wildman–Crippen MR) is 152 cm³/mol. The van der Waals surface area contributed by atoms with E-state index in [1.54, 1.807) is 68.4 Å². The minimum Gasteiger partial charge on any atom is -1.00 e. The van der Waals surface area contributed by atoms with E-state index < -0.39 is 63.9 Å². The Balaban J connectivity index is 0.00000264. The zero-order valence-electron chi connectivity index (χ0n) is 24.7. The first-order chi connectivity index (χ1) is 20.0. The second-order valence-corrected chi connectivity index (χ2v) is 12.2. The van der Waals surface area contributed by atoms with Crippen molar-refractivity contribution in [2.75, 3.05) is 13.1 Å². The Labute approximate surface area is 274 Å². The Morgan fingerprint density at radius 1 is 1.02 bits per heavy atom. The van der Waals surface area contributed by atoms with Crippen LogP contribution in [0.25, 0.3) is 0 Å². The second kappa shape index (κ2) is 12.9. The number of carboxylic acids is 1. The number of urea groups is 1. The molecule has 3 saturated heterocycles. The van der Waals surface area contributed by atoms with Crippen LogP contribution in [0.4, 0.5) is 4.79 Å². The van der Waals surface area contributed by atoms with Crippen LogP contribution in [0, 0.1) is 0 Å². The van der Waals surface area contributed by atoms with Gasteiger partial charge >= 0.3 is 53.4 Å². The van der Waals surface area contributed by atoms with Crippen molar-refractivity contribution in [3.63, 3.8) is 0 Å². The van der Waals surface area contributed by atoms with Crippen molar-refractivity contribution in [1.82, 2.24) is 25.4 Å². The molecule has 0 radical (unpaired) electrons. The molecule has 3 unspecified atom stereocenters. The molecule has 0 aliphatic carbocycles. The van der Waals surface area contributed by atoms with Crippen molar-refractivity contribution in [2.45, 2.75) is 42.1 Å². The number of piperazine rings is 1. The van der Waals surface area contributed by atoms with Gasteiger partial charge in [-0.2, -0.15) is 5.10 Å². The van der Waals surface area contributed by atoms with Gasteiger partial charge in [0.1, 0.15) is 23.5 Å². The molecule has 15 heteroatoms. The second-order valence-electron chi connectivity index (χ2n) is 10.4. The molecule has 220 valence electrons. The number of amides is 6. The minimum absolute atomic E-state index is 0. The van der Waals surface area contributed by atoms with Gasteiger partial charge in [0.15, 0.2) is 0 Å². The first-order valence-corrected chi connectivity index (χ1v) is 14.0. The normalized spacial score (nSPS) is 23.3. The van der Waals surface area contributed by atoms with Crippen LogP contribution >= 0.6 is 11.8 Å². The summed E-state index contributed by atoms with van der Waals surface area (Å²) in [6, 6.07) is 12.9. The quantitative estimate of drug-likeness (QED) is 0.138. The van der Waals surface area contributed by atoms with Gasteiger partial charge in [0.2, 0.25) is 11.8 Å². The number of thioether (sulfide) groups is 1. The number of imide groups is 1. The maximum Gasteiger partial charge on any atom is 1.00 e. The number of carbonyl (C=O) groups excluding carboxylic acids is 5. The van der Waals surface area contributed by atoms with E-state index in [0.29, 0.717) is 10.5 Å². The van der Waals surface area contributed by atoms with E-state index >= 15 is 0 Å². The zero-order valence-corrected chi connectivity index (χ0v) is 26.5. The van der Waals surface area contributed by atoms with Crippen LogP contribution < -0.4 is 40.2 Å². The molecule has 5 rings (SSSR count). The van der Waals surface area contributed by atoms with Gasteiger partial charge in [-0.25, -0.2) is 14.6 Å². The van der Waals surface area contributed by atoms with Gasteiger partial charge in [-0.1, -0.05) is 60.7 Å². The molecule has 3 heterocycles. The summed E-state index contributed by atoms with van der Waals surface area (Å²) in [6.45, 7) is 3.24. The first kappa shape index (κ1) is 32.2. The number of nitrogens with one attached hydrogen (secondary N) is 2. The zero-order chi connectivity index (χ0) is 30.2. The molecule has 3 aliphatic heterocycles. The molecule has 4 atom stereocenters. The van der Waals surface area contributed by atoms with E-state index in [2.05, 4.69) is 15.7 Å². The topological polar surface area (TPSA) is 169 Å². The van der Waals surface area contributed by atoms with Gasteiger partial charge in [0, 0.05) is 4.75 Å². The Morgan fingerprint density at radius 3 is 2.28 bits per heavy atom. The Morgan fingerprint density at radius 2 is 1.65 bits per heavy atom. The van der Waals surface area contributed by atoms with Crippen molar-refractivity contribution < 1.29 is 64.9 Å².